The van der Waals surface area contributed by atoms with Gasteiger partial charge < -0.3 is 4.74 Å². The Kier molecular flexibility index (Phi) is 4.58. The van der Waals surface area contributed by atoms with Gasteiger partial charge in [0.25, 0.3) is 0 Å². The van der Waals surface area contributed by atoms with Crippen LogP contribution in [-0.4, -0.2) is 5.97 Å². The Morgan fingerprint density at radius 1 is 0.842 bits per heavy atom. The van der Waals surface area contributed by atoms with Gasteiger partial charge in [-0.25, -0.2) is 4.79 Å². The van der Waals surface area contributed by atoms with Crippen LogP contribution in [0.4, 0.5) is 0 Å². The van der Waals surface area contributed by atoms with Gasteiger partial charge in [0.2, 0.25) is 0 Å². The lowest BCUT2D eigenvalue weighted by Crippen LogP contribution is -2.09. The number of esters is 1. The number of carbonyl (C=O) groups excluding carboxylic acids is 1. The molecule has 19 heavy (non-hydrogen) atoms. The summed E-state index contributed by atoms with van der Waals surface area (Å²) < 4.78 is 5.15. The van der Waals surface area contributed by atoms with Crippen LogP contribution in [0.2, 0.25) is 20.1 Å². The molecule has 2 aromatic rings. The van der Waals surface area contributed by atoms with E-state index in [1.165, 1.54) is 30.3 Å². The van der Waals surface area contributed by atoms with Crippen LogP contribution in [0.15, 0.2) is 36.4 Å². The highest BCUT2D eigenvalue weighted by Crippen LogP contribution is 2.26. The van der Waals surface area contributed by atoms with E-state index in [-0.39, 0.29) is 16.3 Å². The second kappa shape index (κ2) is 6.02. The highest BCUT2D eigenvalue weighted by Gasteiger charge is 2.13. The van der Waals surface area contributed by atoms with E-state index in [4.69, 9.17) is 51.1 Å². The SMILES string of the molecule is O=C(Oc1cc(Cl)cc(Cl)c1)c1ccc(Cl)cc1Cl. The van der Waals surface area contributed by atoms with Crippen molar-refractivity contribution in [2.45, 2.75) is 0 Å². The maximum atomic E-state index is 11.9. The number of benzene rings is 2. The molecule has 0 saturated carbocycles. The van der Waals surface area contributed by atoms with Crippen molar-refractivity contribution in [1.29, 1.82) is 0 Å². The third kappa shape index (κ3) is 3.77. The van der Waals surface area contributed by atoms with Crippen molar-refractivity contribution >= 4 is 52.4 Å². The van der Waals surface area contributed by atoms with E-state index in [1.54, 1.807) is 6.07 Å². The zero-order chi connectivity index (χ0) is 14.0. The van der Waals surface area contributed by atoms with Crippen LogP contribution in [-0.2, 0) is 0 Å². The van der Waals surface area contributed by atoms with Crippen molar-refractivity contribution in [3.05, 3.63) is 62.1 Å². The number of rotatable bonds is 2. The third-order valence-electron chi connectivity index (χ3n) is 2.20. The van der Waals surface area contributed by atoms with Crippen LogP contribution < -0.4 is 4.74 Å². The molecule has 0 bridgehead atoms. The molecule has 0 fully saturated rings. The Morgan fingerprint density at radius 3 is 2.05 bits per heavy atom. The summed E-state index contributed by atoms with van der Waals surface area (Å²) in [6, 6.07) is 9.00. The van der Waals surface area contributed by atoms with E-state index in [0.29, 0.717) is 15.1 Å². The number of hydrogen-bond acceptors (Lipinski definition) is 2. The molecule has 2 rings (SSSR count). The minimum absolute atomic E-state index is 0.210. The Labute approximate surface area is 129 Å². The lowest BCUT2D eigenvalue weighted by Gasteiger charge is -2.07. The molecule has 0 aliphatic carbocycles. The summed E-state index contributed by atoms with van der Waals surface area (Å²) in [4.78, 5) is 11.9. The number of halogens is 4. The Bertz CT molecular complexity index is 620. The highest BCUT2D eigenvalue weighted by atomic mass is 35.5. The van der Waals surface area contributed by atoms with Gasteiger partial charge in [0.15, 0.2) is 0 Å². The number of hydrogen-bond donors (Lipinski definition) is 0. The van der Waals surface area contributed by atoms with Gasteiger partial charge >= 0.3 is 5.97 Å². The zero-order valence-corrected chi connectivity index (χ0v) is 12.3. The molecule has 0 atom stereocenters. The smallest absolute Gasteiger partial charge is 0.345 e. The van der Waals surface area contributed by atoms with Crippen molar-refractivity contribution in [2.24, 2.45) is 0 Å². The Balaban J connectivity index is 2.25. The van der Waals surface area contributed by atoms with Crippen molar-refractivity contribution in [3.8, 4) is 5.75 Å². The lowest BCUT2D eigenvalue weighted by atomic mass is 10.2. The topological polar surface area (TPSA) is 26.3 Å². The Morgan fingerprint density at radius 2 is 1.47 bits per heavy atom. The van der Waals surface area contributed by atoms with Crippen molar-refractivity contribution in [2.75, 3.05) is 0 Å². The largest absolute Gasteiger partial charge is 0.423 e. The third-order valence-corrected chi connectivity index (χ3v) is 3.18. The van der Waals surface area contributed by atoms with E-state index < -0.39 is 5.97 Å². The molecule has 2 nitrogen and oxygen atoms in total. The first-order valence-corrected chi connectivity index (χ1v) is 6.60. The molecular weight excluding hydrogens is 330 g/mol. The highest BCUT2D eigenvalue weighted by molar-refractivity contribution is 6.36. The van der Waals surface area contributed by atoms with Crippen LogP contribution in [0, 0.1) is 0 Å². The second-order valence-electron chi connectivity index (χ2n) is 3.62. The molecule has 0 unspecified atom stereocenters. The summed E-state index contributed by atoms with van der Waals surface area (Å²) in [5.74, 6) is -0.367. The molecular formula is C13H6Cl4O2. The molecule has 0 aliphatic rings. The van der Waals surface area contributed by atoms with Crippen LogP contribution in [0.1, 0.15) is 10.4 Å². The second-order valence-corrected chi connectivity index (χ2v) is 5.34. The molecule has 2 aromatic carbocycles. The van der Waals surface area contributed by atoms with Gasteiger partial charge in [-0.3, -0.25) is 0 Å². The molecule has 0 heterocycles. The molecule has 0 aliphatic heterocycles. The van der Waals surface area contributed by atoms with Gasteiger partial charge in [-0.15, -0.1) is 0 Å². The maximum absolute atomic E-state index is 11.9. The summed E-state index contributed by atoms with van der Waals surface area (Å²) in [6.07, 6.45) is 0. The molecule has 6 heteroatoms. The van der Waals surface area contributed by atoms with Gasteiger partial charge in [0, 0.05) is 15.1 Å². The first-order chi connectivity index (χ1) is 8.95. The van der Waals surface area contributed by atoms with E-state index in [2.05, 4.69) is 0 Å². The Hall–Kier alpha value is -0.930. The van der Waals surface area contributed by atoms with Gasteiger partial charge in [0.05, 0.1) is 10.6 Å². The van der Waals surface area contributed by atoms with Crippen LogP contribution in [0.3, 0.4) is 0 Å². The predicted molar refractivity (Wildman–Crippen MR) is 77.9 cm³/mol. The molecule has 0 N–H and O–H groups in total. The standard InChI is InChI=1S/C13H6Cl4O2/c14-7-1-2-11(12(17)6-7)13(18)19-10-4-8(15)3-9(16)5-10/h1-6H. The normalized spacial score (nSPS) is 10.3. The summed E-state index contributed by atoms with van der Waals surface area (Å²) in [5.41, 5.74) is 0.210. The fourth-order valence-electron chi connectivity index (χ4n) is 1.40. The van der Waals surface area contributed by atoms with Gasteiger partial charge in [-0.05, 0) is 36.4 Å². The molecule has 0 aromatic heterocycles. The van der Waals surface area contributed by atoms with Crippen LogP contribution >= 0.6 is 46.4 Å². The average Bonchev–Trinajstić information content (AvgIpc) is 2.26. The summed E-state index contributed by atoms with van der Waals surface area (Å²) >= 11 is 23.3. The number of carbonyl (C=O) groups is 1. The van der Waals surface area contributed by atoms with E-state index in [0.717, 1.165) is 0 Å². The van der Waals surface area contributed by atoms with Crippen molar-refractivity contribution in [3.63, 3.8) is 0 Å². The van der Waals surface area contributed by atoms with Gasteiger partial charge in [-0.1, -0.05) is 46.4 Å². The monoisotopic (exact) mass is 334 g/mol. The van der Waals surface area contributed by atoms with Gasteiger partial charge in [-0.2, -0.15) is 0 Å². The first kappa shape index (κ1) is 14.5. The molecule has 98 valence electrons. The molecule has 0 saturated heterocycles. The lowest BCUT2D eigenvalue weighted by molar-refractivity contribution is 0.0735. The molecule has 0 radical (unpaired) electrons. The fourth-order valence-corrected chi connectivity index (χ4v) is 2.40. The summed E-state index contributed by atoms with van der Waals surface area (Å²) in [5, 5.41) is 1.40. The van der Waals surface area contributed by atoms with E-state index in [1.807, 2.05) is 0 Å². The quantitative estimate of drug-likeness (QED) is 0.533. The molecule has 0 spiro atoms. The van der Waals surface area contributed by atoms with Crippen molar-refractivity contribution in [1.82, 2.24) is 0 Å². The minimum atomic E-state index is -0.611. The fraction of sp³-hybridized carbons (Fsp3) is 0. The maximum Gasteiger partial charge on any atom is 0.345 e. The predicted octanol–water partition coefficient (Wildman–Crippen LogP) is 5.52. The number of ether oxygens (including phenoxy) is 1. The average molecular weight is 336 g/mol. The first-order valence-electron chi connectivity index (χ1n) is 5.09. The van der Waals surface area contributed by atoms with Crippen LogP contribution in [0.25, 0.3) is 0 Å². The minimum Gasteiger partial charge on any atom is -0.423 e. The van der Waals surface area contributed by atoms with Crippen LogP contribution in [0.5, 0.6) is 5.75 Å². The summed E-state index contributed by atoms with van der Waals surface area (Å²) in [7, 11) is 0. The van der Waals surface area contributed by atoms with Crippen molar-refractivity contribution < 1.29 is 9.53 Å². The molecule has 0 amide bonds. The van der Waals surface area contributed by atoms with E-state index in [9.17, 15) is 4.79 Å². The summed E-state index contributed by atoms with van der Waals surface area (Å²) in [6.45, 7) is 0. The zero-order valence-electron chi connectivity index (χ0n) is 9.29. The van der Waals surface area contributed by atoms with Gasteiger partial charge in [0.1, 0.15) is 5.75 Å². The van der Waals surface area contributed by atoms with E-state index >= 15 is 0 Å².